The number of anilines is 2. The number of benzene rings is 1. The molecule has 0 aliphatic carbocycles. The SMILES string of the molecule is c1cc(N2CCOCC2)ccc1NC1CCCOC1. The van der Waals surface area contributed by atoms with Gasteiger partial charge in [0, 0.05) is 37.1 Å². The van der Waals surface area contributed by atoms with Crippen molar-refractivity contribution in [1.82, 2.24) is 0 Å². The molecule has 2 fully saturated rings. The topological polar surface area (TPSA) is 33.7 Å². The van der Waals surface area contributed by atoms with E-state index in [0.717, 1.165) is 45.9 Å². The van der Waals surface area contributed by atoms with E-state index in [1.807, 2.05) is 0 Å². The van der Waals surface area contributed by atoms with Gasteiger partial charge < -0.3 is 19.7 Å². The van der Waals surface area contributed by atoms with E-state index in [4.69, 9.17) is 9.47 Å². The van der Waals surface area contributed by atoms with Gasteiger partial charge in [-0.1, -0.05) is 0 Å². The van der Waals surface area contributed by atoms with Crippen molar-refractivity contribution >= 4 is 11.4 Å². The van der Waals surface area contributed by atoms with E-state index in [2.05, 4.69) is 34.5 Å². The molecular formula is C15H22N2O2. The number of hydrogen-bond donors (Lipinski definition) is 1. The first-order valence-electron chi connectivity index (χ1n) is 7.19. The molecule has 0 bridgehead atoms. The number of nitrogens with one attached hydrogen (secondary N) is 1. The molecule has 1 N–H and O–H groups in total. The number of nitrogens with zero attached hydrogens (tertiary/aromatic N) is 1. The number of rotatable bonds is 3. The Bertz CT molecular complexity index is 382. The molecule has 0 saturated carbocycles. The average molecular weight is 262 g/mol. The molecule has 2 heterocycles. The summed E-state index contributed by atoms with van der Waals surface area (Å²) in [7, 11) is 0. The highest BCUT2D eigenvalue weighted by Gasteiger charge is 2.14. The average Bonchev–Trinajstić information content (AvgIpc) is 2.50. The Morgan fingerprint density at radius 3 is 2.47 bits per heavy atom. The van der Waals surface area contributed by atoms with Crippen molar-refractivity contribution < 1.29 is 9.47 Å². The van der Waals surface area contributed by atoms with Crippen LogP contribution in [0.4, 0.5) is 11.4 Å². The molecule has 1 aromatic rings. The Morgan fingerprint density at radius 1 is 1.00 bits per heavy atom. The lowest BCUT2D eigenvalue weighted by Gasteiger charge is -2.29. The summed E-state index contributed by atoms with van der Waals surface area (Å²) in [5.74, 6) is 0. The molecule has 1 aromatic carbocycles. The second-order valence-electron chi connectivity index (χ2n) is 5.20. The van der Waals surface area contributed by atoms with Gasteiger partial charge in [0.15, 0.2) is 0 Å². The lowest BCUT2D eigenvalue weighted by atomic mass is 10.1. The standard InChI is InChI=1S/C15H22N2O2/c1-2-14(12-19-9-1)16-13-3-5-15(6-4-13)17-7-10-18-11-8-17/h3-6,14,16H,1-2,7-12H2. The predicted octanol–water partition coefficient (Wildman–Crippen LogP) is 2.11. The van der Waals surface area contributed by atoms with Crippen molar-refractivity contribution in [2.75, 3.05) is 49.7 Å². The van der Waals surface area contributed by atoms with Gasteiger partial charge in [-0.05, 0) is 37.1 Å². The first kappa shape index (κ1) is 12.8. The third-order valence-corrected chi connectivity index (χ3v) is 3.77. The third-order valence-electron chi connectivity index (χ3n) is 3.77. The van der Waals surface area contributed by atoms with E-state index in [-0.39, 0.29) is 0 Å². The lowest BCUT2D eigenvalue weighted by Crippen LogP contribution is -2.36. The van der Waals surface area contributed by atoms with Gasteiger partial charge in [0.2, 0.25) is 0 Å². The van der Waals surface area contributed by atoms with Gasteiger partial charge in [0.05, 0.1) is 19.8 Å². The minimum atomic E-state index is 0.461. The van der Waals surface area contributed by atoms with Gasteiger partial charge in [-0.3, -0.25) is 0 Å². The molecule has 4 heteroatoms. The lowest BCUT2D eigenvalue weighted by molar-refractivity contribution is 0.0876. The van der Waals surface area contributed by atoms with Crippen molar-refractivity contribution in [2.24, 2.45) is 0 Å². The molecule has 2 saturated heterocycles. The Balaban J connectivity index is 1.58. The maximum absolute atomic E-state index is 5.49. The highest BCUT2D eigenvalue weighted by atomic mass is 16.5. The molecule has 104 valence electrons. The summed E-state index contributed by atoms with van der Waals surface area (Å²) in [6.07, 6.45) is 2.36. The van der Waals surface area contributed by atoms with Crippen LogP contribution < -0.4 is 10.2 Å². The van der Waals surface area contributed by atoms with E-state index in [9.17, 15) is 0 Å². The zero-order valence-corrected chi connectivity index (χ0v) is 11.3. The summed E-state index contributed by atoms with van der Waals surface area (Å²) >= 11 is 0. The maximum atomic E-state index is 5.49. The molecule has 1 atom stereocenters. The normalized spacial score (nSPS) is 24.2. The van der Waals surface area contributed by atoms with Crippen molar-refractivity contribution in [3.05, 3.63) is 24.3 Å². The summed E-state index contributed by atoms with van der Waals surface area (Å²) < 4.78 is 10.9. The summed E-state index contributed by atoms with van der Waals surface area (Å²) in [6, 6.07) is 9.18. The summed E-state index contributed by atoms with van der Waals surface area (Å²) in [4.78, 5) is 2.37. The zero-order chi connectivity index (χ0) is 12.9. The maximum Gasteiger partial charge on any atom is 0.0667 e. The monoisotopic (exact) mass is 262 g/mol. The van der Waals surface area contributed by atoms with E-state index < -0.39 is 0 Å². The van der Waals surface area contributed by atoms with E-state index in [1.165, 1.54) is 17.8 Å². The van der Waals surface area contributed by atoms with Crippen LogP contribution >= 0.6 is 0 Å². The zero-order valence-electron chi connectivity index (χ0n) is 11.3. The quantitative estimate of drug-likeness (QED) is 0.904. The summed E-state index contributed by atoms with van der Waals surface area (Å²) in [5.41, 5.74) is 2.47. The van der Waals surface area contributed by atoms with Gasteiger partial charge in [-0.15, -0.1) is 0 Å². The molecule has 0 radical (unpaired) electrons. The first-order valence-corrected chi connectivity index (χ1v) is 7.19. The van der Waals surface area contributed by atoms with Crippen LogP contribution in [-0.4, -0.2) is 45.6 Å². The Labute approximate surface area is 114 Å². The van der Waals surface area contributed by atoms with E-state index >= 15 is 0 Å². The van der Waals surface area contributed by atoms with Crippen molar-refractivity contribution in [3.8, 4) is 0 Å². The highest BCUT2D eigenvalue weighted by molar-refractivity contribution is 5.55. The van der Waals surface area contributed by atoms with Crippen LogP contribution in [0.25, 0.3) is 0 Å². The fourth-order valence-corrected chi connectivity index (χ4v) is 2.68. The van der Waals surface area contributed by atoms with Gasteiger partial charge in [-0.25, -0.2) is 0 Å². The summed E-state index contributed by atoms with van der Waals surface area (Å²) in [5, 5.41) is 3.54. The molecule has 0 amide bonds. The van der Waals surface area contributed by atoms with Crippen LogP contribution in [0.3, 0.4) is 0 Å². The second kappa shape index (κ2) is 6.26. The minimum Gasteiger partial charge on any atom is -0.380 e. The smallest absolute Gasteiger partial charge is 0.0667 e. The van der Waals surface area contributed by atoms with Crippen molar-refractivity contribution in [2.45, 2.75) is 18.9 Å². The third kappa shape index (κ3) is 3.39. The molecule has 2 aliphatic heterocycles. The number of ether oxygens (including phenoxy) is 2. The second-order valence-corrected chi connectivity index (χ2v) is 5.20. The van der Waals surface area contributed by atoms with Crippen LogP contribution in [0.1, 0.15) is 12.8 Å². The Kier molecular flexibility index (Phi) is 4.20. The molecule has 19 heavy (non-hydrogen) atoms. The van der Waals surface area contributed by atoms with Gasteiger partial charge in [-0.2, -0.15) is 0 Å². The Hall–Kier alpha value is -1.26. The fraction of sp³-hybridized carbons (Fsp3) is 0.600. The number of morpholine rings is 1. The molecule has 2 aliphatic rings. The largest absolute Gasteiger partial charge is 0.380 e. The van der Waals surface area contributed by atoms with Gasteiger partial charge in [0.25, 0.3) is 0 Å². The minimum absolute atomic E-state index is 0.461. The van der Waals surface area contributed by atoms with Crippen LogP contribution in [0.5, 0.6) is 0 Å². The van der Waals surface area contributed by atoms with Crippen LogP contribution in [0.2, 0.25) is 0 Å². The van der Waals surface area contributed by atoms with Crippen molar-refractivity contribution in [1.29, 1.82) is 0 Å². The fourth-order valence-electron chi connectivity index (χ4n) is 2.68. The summed E-state index contributed by atoms with van der Waals surface area (Å²) in [6.45, 7) is 5.38. The van der Waals surface area contributed by atoms with Crippen LogP contribution in [0.15, 0.2) is 24.3 Å². The van der Waals surface area contributed by atoms with Crippen LogP contribution in [-0.2, 0) is 9.47 Å². The van der Waals surface area contributed by atoms with E-state index in [0.29, 0.717) is 6.04 Å². The van der Waals surface area contributed by atoms with Crippen LogP contribution in [0, 0.1) is 0 Å². The van der Waals surface area contributed by atoms with Gasteiger partial charge in [0.1, 0.15) is 0 Å². The number of hydrogen-bond acceptors (Lipinski definition) is 4. The molecule has 0 spiro atoms. The Morgan fingerprint density at radius 2 is 1.79 bits per heavy atom. The molecule has 3 rings (SSSR count). The first-order chi connectivity index (χ1) is 9.42. The van der Waals surface area contributed by atoms with Crippen molar-refractivity contribution in [3.63, 3.8) is 0 Å². The van der Waals surface area contributed by atoms with E-state index in [1.54, 1.807) is 0 Å². The highest BCUT2D eigenvalue weighted by Crippen LogP contribution is 2.20. The molecule has 4 nitrogen and oxygen atoms in total. The molecule has 0 aromatic heterocycles. The van der Waals surface area contributed by atoms with Gasteiger partial charge >= 0.3 is 0 Å². The molecule has 1 unspecified atom stereocenters. The predicted molar refractivity (Wildman–Crippen MR) is 76.9 cm³/mol. The molecular weight excluding hydrogens is 240 g/mol.